The van der Waals surface area contributed by atoms with Gasteiger partial charge in [-0.05, 0) is 61.6 Å². The Bertz CT molecular complexity index is 1010. The van der Waals surface area contributed by atoms with E-state index in [9.17, 15) is 4.79 Å². The van der Waals surface area contributed by atoms with E-state index in [2.05, 4.69) is 62.8 Å². The van der Waals surface area contributed by atoms with Gasteiger partial charge in [0, 0.05) is 32.0 Å². The van der Waals surface area contributed by atoms with E-state index in [-0.39, 0.29) is 12.1 Å². The van der Waals surface area contributed by atoms with Crippen molar-refractivity contribution in [3.8, 4) is 0 Å². The third-order valence-corrected chi connectivity index (χ3v) is 6.10. The number of urea groups is 1. The fourth-order valence-electron chi connectivity index (χ4n) is 4.21. The zero-order chi connectivity index (χ0) is 22.9. The minimum Gasteiger partial charge on any atom is -0.357 e. The van der Waals surface area contributed by atoms with E-state index in [1.807, 2.05) is 30.5 Å². The minimum absolute atomic E-state index is 0.203. The Kier molecular flexibility index (Phi) is 7.90. The Morgan fingerprint density at radius 2 is 1.73 bits per heavy atom. The number of carbonyl (C=O) groups is 1. The largest absolute Gasteiger partial charge is 0.357 e. The summed E-state index contributed by atoms with van der Waals surface area (Å²) in [5.74, 6) is 1.00. The Morgan fingerprint density at radius 1 is 0.939 bits per heavy atom. The minimum atomic E-state index is -0.209. The first-order chi connectivity index (χ1) is 16.2. The van der Waals surface area contributed by atoms with Gasteiger partial charge in [-0.15, -0.1) is 0 Å². The highest BCUT2D eigenvalue weighted by molar-refractivity contribution is 5.74. The van der Waals surface area contributed by atoms with Crippen molar-refractivity contribution >= 4 is 11.8 Å². The molecule has 0 spiro atoms. The first-order valence-corrected chi connectivity index (χ1v) is 11.9. The molecule has 1 aliphatic rings. The van der Waals surface area contributed by atoms with Crippen molar-refractivity contribution in [2.24, 2.45) is 0 Å². The van der Waals surface area contributed by atoms with Crippen LogP contribution < -0.4 is 15.5 Å². The van der Waals surface area contributed by atoms with E-state index < -0.39 is 0 Å². The van der Waals surface area contributed by atoms with Gasteiger partial charge in [0.05, 0.1) is 11.7 Å². The summed E-state index contributed by atoms with van der Waals surface area (Å²) >= 11 is 0. The summed E-state index contributed by atoms with van der Waals surface area (Å²) in [6.45, 7) is 4.63. The van der Waals surface area contributed by atoms with Crippen LogP contribution >= 0.6 is 0 Å². The number of benzene rings is 1. The third kappa shape index (κ3) is 6.78. The van der Waals surface area contributed by atoms with Gasteiger partial charge in [-0.2, -0.15) is 0 Å². The van der Waals surface area contributed by atoms with E-state index in [1.165, 1.54) is 31.2 Å². The van der Waals surface area contributed by atoms with Gasteiger partial charge in [0.1, 0.15) is 5.82 Å². The Hall–Kier alpha value is -3.41. The Labute approximate surface area is 196 Å². The maximum atomic E-state index is 12.8. The van der Waals surface area contributed by atoms with Crippen molar-refractivity contribution in [3.63, 3.8) is 0 Å². The summed E-state index contributed by atoms with van der Waals surface area (Å²) < 4.78 is 0. The van der Waals surface area contributed by atoms with Crippen LogP contribution in [0.25, 0.3) is 0 Å². The molecule has 1 aliphatic heterocycles. The van der Waals surface area contributed by atoms with E-state index in [0.717, 1.165) is 35.7 Å². The summed E-state index contributed by atoms with van der Waals surface area (Å²) in [4.78, 5) is 24.2. The number of nitrogens with one attached hydrogen (secondary N) is 2. The summed E-state index contributed by atoms with van der Waals surface area (Å²) in [7, 11) is 0. The number of anilines is 1. The SMILES string of the molecule is Cc1ccc(CC(NC(=O)NCc2ccnc(N3CCCCCC3)c2)c2ccccn2)cc1. The van der Waals surface area contributed by atoms with Gasteiger partial charge in [0.15, 0.2) is 0 Å². The zero-order valence-corrected chi connectivity index (χ0v) is 19.3. The average molecular weight is 444 g/mol. The van der Waals surface area contributed by atoms with Gasteiger partial charge in [-0.3, -0.25) is 4.98 Å². The molecule has 4 rings (SSSR count). The predicted octanol–water partition coefficient (Wildman–Crippen LogP) is 4.95. The summed E-state index contributed by atoms with van der Waals surface area (Å²) in [6.07, 6.45) is 9.28. The van der Waals surface area contributed by atoms with Crippen LogP contribution in [0.5, 0.6) is 0 Å². The maximum absolute atomic E-state index is 12.8. The van der Waals surface area contributed by atoms with Gasteiger partial charge in [0.2, 0.25) is 0 Å². The molecule has 1 saturated heterocycles. The van der Waals surface area contributed by atoms with Crippen LogP contribution in [0.3, 0.4) is 0 Å². The topological polar surface area (TPSA) is 70.2 Å². The Balaban J connectivity index is 1.38. The number of hydrogen-bond acceptors (Lipinski definition) is 4. The molecule has 6 nitrogen and oxygen atoms in total. The number of pyridine rings is 2. The average Bonchev–Trinajstić information content (AvgIpc) is 3.14. The zero-order valence-electron chi connectivity index (χ0n) is 19.3. The number of nitrogens with zero attached hydrogens (tertiary/aromatic N) is 3. The fourth-order valence-corrected chi connectivity index (χ4v) is 4.21. The number of hydrogen-bond donors (Lipinski definition) is 2. The summed E-state index contributed by atoms with van der Waals surface area (Å²) in [5.41, 5.74) is 4.27. The number of rotatable bonds is 7. The molecular weight excluding hydrogens is 410 g/mol. The number of aromatic nitrogens is 2. The molecule has 33 heavy (non-hydrogen) atoms. The summed E-state index contributed by atoms with van der Waals surface area (Å²) in [6, 6.07) is 17.8. The van der Waals surface area contributed by atoms with Gasteiger partial charge < -0.3 is 15.5 Å². The van der Waals surface area contributed by atoms with Gasteiger partial charge in [0.25, 0.3) is 0 Å². The van der Waals surface area contributed by atoms with Crippen LogP contribution in [0.2, 0.25) is 0 Å². The molecule has 2 amide bonds. The van der Waals surface area contributed by atoms with Gasteiger partial charge in [-0.1, -0.05) is 48.7 Å². The van der Waals surface area contributed by atoms with Crippen LogP contribution in [0.15, 0.2) is 67.0 Å². The molecule has 1 fully saturated rings. The second-order valence-corrected chi connectivity index (χ2v) is 8.75. The second-order valence-electron chi connectivity index (χ2n) is 8.75. The van der Waals surface area contributed by atoms with Crippen molar-refractivity contribution in [2.75, 3.05) is 18.0 Å². The molecule has 0 aliphatic carbocycles. The smallest absolute Gasteiger partial charge is 0.315 e. The molecule has 1 aromatic carbocycles. The van der Waals surface area contributed by atoms with E-state index >= 15 is 0 Å². The number of carbonyl (C=O) groups excluding carboxylic acids is 1. The molecular formula is C27H33N5O. The van der Waals surface area contributed by atoms with Crippen LogP contribution in [-0.2, 0) is 13.0 Å². The quantitative estimate of drug-likeness (QED) is 0.542. The molecule has 0 saturated carbocycles. The monoisotopic (exact) mass is 443 g/mol. The first-order valence-electron chi connectivity index (χ1n) is 11.9. The Morgan fingerprint density at radius 3 is 2.45 bits per heavy atom. The number of amides is 2. The number of aryl methyl sites for hydroxylation is 1. The lowest BCUT2D eigenvalue weighted by Crippen LogP contribution is -2.38. The van der Waals surface area contributed by atoms with Crippen molar-refractivity contribution in [2.45, 2.75) is 51.6 Å². The van der Waals surface area contributed by atoms with Crippen LogP contribution in [0, 0.1) is 6.92 Å². The molecule has 0 radical (unpaired) electrons. The van der Waals surface area contributed by atoms with Crippen LogP contribution in [-0.4, -0.2) is 29.1 Å². The van der Waals surface area contributed by atoms with Crippen molar-refractivity contribution < 1.29 is 4.79 Å². The van der Waals surface area contributed by atoms with E-state index in [4.69, 9.17) is 0 Å². The standard InChI is InChI=1S/C27H33N5O/c1-21-9-11-22(12-10-21)18-25(24-8-4-5-14-28-24)31-27(33)30-20-23-13-15-29-26(19-23)32-16-6-2-3-7-17-32/h4-5,8-15,19,25H,2-3,6-7,16-18,20H2,1H3,(H2,30,31,33). The summed E-state index contributed by atoms with van der Waals surface area (Å²) in [5, 5.41) is 6.13. The maximum Gasteiger partial charge on any atom is 0.315 e. The molecule has 6 heteroatoms. The normalized spacial score (nSPS) is 14.9. The molecule has 2 N–H and O–H groups in total. The molecule has 3 heterocycles. The van der Waals surface area contributed by atoms with Crippen LogP contribution in [0.1, 0.15) is 54.1 Å². The highest BCUT2D eigenvalue weighted by Crippen LogP contribution is 2.19. The van der Waals surface area contributed by atoms with Crippen molar-refractivity contribution in [3.05, 3.63) is 89.4 Å². The first kappa shape index (κ1) is 22.8. The lowest BCUT2D eigenvalue weighted by atomic mass is 10.0. The highest BCUT2D eigenvalue weighted by Gasteiger charge is 2.17. The van der Waals surface area contributed by atoms with E-state index in [1.54, 1.807) is 6.20 Å². The molecule has 1 atom stereocenters. The lowest BCUT2D eigenvalue weighted by molar-refractivity contribution is 0.236. The molecule has 3 aromatic rings. The highest BCUT2D eigenvalue weighted by atomic mass is 16.2. The molecule has 1 unspecified atom stereocenters. The predicted molar refractivity (Wildman–Crippen MR) is 132 cm³/mol. The molecule has 0 bridgehead atoms. The van der Waals surface area contributed by atoms with Gasteiger partial charge in [-0.25, -0.2) is 9.78 Å². The third-order valence-electron chi connectivity index (χ3n) is 6.10. The molecule has 172 valence electrons. The fraction of sp³-hybridized carbons (Fsp3) is 0.370. The second kappa shape index (κ2) is 11.5. The molecule has 2 aromatic heterocycles. The van der Waals surface area contributed by atoms with Crippen molar-refractivity contribution in [1.29, 1.82) is 0 Å². The van der Waals surface area contributed by atoms with E-state index in [0.29, 0.717) is 13.0 Å². The van der Waals surface area contributed by atoms with Crippen molar-refractivity contribution in [1.82, 2.24) is 20.6 Å². The lowest BCUT2D eigenvalue weighted by Gasteiger charge is -2.22. The van der Waals surface area contributed by atoms with Crippen LogP contribution in [0.4, 0.5) is 10.6 Å². The van der Waals surface area contributed by atoms with Gasteiger partial charge >= 0.3 is 6.03 Å².